The van der Waals surface area contributed by atoms with E-state index < -0.39 is 0 Å². The summed E-state index contributed by atoms with van der Waals surface area (Å²) in [6.07, 6.45) is 0.870. The highest BCUT2D eigenvalue weighted by Crippen LogP contribution is 2.21. The minimum absolute atomic E-state index is 0.0112. The lowest BCUT2D eigenvalue weighted by atomic mass is 9.98. The van der Waals surface area contributed by atoms with Gasteiger partial charge in [-0.3, -0.25) is 4.79 Å². The Morgan fingerprint density at radius 3 is 2.67 bits per heavy atom. The maximum Gasteiger partial charge on any atom is 0.227 e. The van der Waals surface area contributed by atoms with Crippen LogP contribution in [0.3, 0.4) is 0 Å². The van der Waals surface area contributed by atoms with Crippen LogP contribution in [0.15, 0.2) is 16.7 Å². The number of rotatable bonds is 5. The molecule has 1 heterocycles. The maximum absolute atomic E-state index is 12.0. The van der Waals surface area contributed by atoms with Crippen molar-refractivity contribution in [3.8, 4) is 5.88 Å². The van der Waals surface area contributed by atoms with E-state index in [1.165, 1.54) is 0 Å². The van der Waals surface area contributed by atoms with Gasteiger partial charge in [-0.25, -0.2) is 4.98 Å². The third-order valence-corrected chi connectivity index (χ3v) is 2.93. The Kier molecular flexibility index (Phi) is 5.59. The van der Waals surface area contributed by atoms with Gasteiger partial charge < -0.3 is 10.1 Å². The maximum atomic E-state index is 12.0. The minimum Gasteiger partial charge on any atom is -0.481 e. The number of pyridine rings is 1. The van der Waals surface area contributed by atoms with Crippen molar-refractivity contribution in [3.05, 3.63) is 16.7 Å². The van der Waals surface area contributed by atoms with E-state index in [1.54, 1.807) is 19.2 Å². The van der Waals surface area contributed by atoms with Crippen LogP contribution in [-0.4, -0.2) is 18.0 Å². The number of nitrogens with zero attached hydrogens (tertiary/aromatic N) is 1. The fraction of sp³-hybridized carbons (Fsp3) is 0.538. The fourth-order valence-corrected chi connectivity index (χ4v) is 2.15. The lowest BCUT2D eigenvalue weighted by Crippen LogP contribution is -2.21. The Morgan fingerprint density at radius 1 is 1.44 bits per heavy atom. The van der Waals surface area contributed by atoms with Crippen LogP contribution in [0.5, 0.6) is 5.88 Å². The van der Waals surface area contributed by atoms with Crippen LogP contribution in [0.4, 0.5) is 5.69 Å². The first-order valence-corrected chi connectivity index (χ1v) is 6.74. The zero-order valence-electron chi connectivity index (χ0n) is 11.2. The number of carbonyl (C=O) groups excluding carboxylic acids is 1. The molecule has 0 saturated heterocycles. The first kappa shape index (κ1) is 15.0. The molecule has 0 aliphatic carbocycles. The van der Waals surface area contributed by atoms with E-state index in [4.69, 9.17) is 4.74 Å². The van der Waals surface area contributed by atoms with Crippen molar-refractivity contribution >= 4 is 27.5 Å². The van der Waals surface area contributed by atoms with E-state index in [9.17, 15) is 4.79 Å². The minimum atomic E-state index is -0.0112. The molecule has 0 aliphatic heterocycles. The van der Waals surface area contributed by atoms with Crippen molar-refractivity contribution in [3.63, 3.8) is 0 Å². The highest BCUT2D eigenvalue weighted by Gasteiger charge is 2.15. The smallest absolute Gasteiger partial charge is 0.227 e. The molecule has 0 fully saturated rings. The first-order chi connectivity index (χ1) is 8.42. The molecule has 1 aromatic heterocycles. The van der Waals surface area contributed by atoms with Crippen LogP contribution in [0, 0.1) is 11.8 Å². The normalized spacial score (nSPS) is 12.3. The van der Waals surface area contributed by atoms with E-state index in [0.29, 0.717) is 22.1 Å². The van der Waals surface area contributed by atoms with Crippen LogP contribution < -0.4 is 10.1 Å². The van der Waals surface area contributed by atoms with Gasteiger partial charge in [0.25, 0.3) is 0 Å². The molecule has 1 amide bonds. The number of halogens is 1. The predicted octanol–water partition coefficient (Wildman–Crippen LogP) is 3.47. The van der Waals surface area contributed by atoms with Gasteiger partial charge in [0, 0.05) is 17.7 Å². The summed E-state index contributed by atoms with van der Waals surface area (Å²) in [7, 11) is 1.54. The third kappa shape index (κ3) is 4.64. The second-order valence-electron chi connectivity index (χ2n) is 4.74. The molecule has 0 aromatic carbocycles. The van der Waals surface area contributed by atoms with Crippen molar-refractivity contribution in [2.45, 2.75) is 27.2 Å². The zero-order valence-corrected chi connectivity index (χ0v) is 12.7. The highest BCUT2D eigenvalue weighted by atomic mass is 79.9. The molecule has 1 aromatic rings. The molecule has 18 heavy (non-hydrogen) atoms. The number of nitrogens with one attached hydrogen (secondary N) is 1. The standard InChI is InChI=1S/C13H19BrN2O2/c1-8(2)5-9(3)13(17)15-10-6-11(14)16-12(7-10)18-4/h6-9H,5H2,1-4H3,(H,15,16,17)/t9-/m1/s1. The summed E-state index contributed by atoms with van der Waals surface area (Å²) in [5, 5.41) is 2.87. The number of amides is 1. The molecule has 0 unspecified atom stereocenters. The van der Waals surface area contributed by atoms with Crippen LogP contribution in [0.1, 0.15) is 27.2 Å². The van der Waals surface area contributed by atoms with Gasteiger partial charge in [0.05, 0.1) is 7.11 Å². The molecule has 0 saturated carbocycles. The second-order valence-corrected chi connectivity index (χ2v) is 5.55. The summed E-state index contributed by atoms with van der Waals surface area (Å²) in [4.78, 5) is 16.1. The number of methoxy groups -OCH3 is 1. The Balaban J connectivity index is 2.72. The van der Waals surface area contributed by atoms with Gasteiger partial charge >= 0.3 is 0 Å². The van der Waals surface area contributed by atoms with Gasteiger partial charge in [0.1, 0.15) is 4.60 Å². The van der Waals surface area contributed by atoms with Crippen molar-refractivity contribution in [1.29, 1.82) is 0 Å². The van der Waals surface area contributed by atoms with Crippen LogP contribution in [0.25, 0.3) is 0 Å². The predicted molar refractivity (Wildman–Crippen MR) is 75.7 cm³/mol. The van der Waals surface area contributed by atoms with Crippen molar-refractivity contribution in [1.82, 2.24) is 4.98 Å². The van der Waals surface area contributed by atoms with Crippen molar-refractivity contribution in [2.24, 2.45) is 11.8 Å². The molecular formula is C13H19BrN2O2. The Hall–Kier alpha value is -1.10. The average molecular weight is 315 g/mol. The molecule has 1 rings (SSSR count). The zero-order chi connectivity index (χ0) is 13.7. The molecule has 0 spiro atoms. The Labute approximate surface area is 116 Å². The molecule has 100 valence electrons. The summed E-state index contributed by atoms with van der Waals surface area (Å²) < 4.78 is 5.68. The van der Waals surface area contributed by atoms with Crippen molar-refractivity contribution in [2.75, 3.05) is 12.4 Å². The van der Waals surface area contributed by atoms with Gasteiger partial charge in [-0.15, -0.1) is 0 Å². The van der Waals surface area contributed by atoms with Gasteiger partial charge in [0.15, 0.2) is 0 Å². The van der Waals surface area contributed by atoms with Crippen LogP contribution in [0.2, 0.25) is 0 Å². The summed E-state index contributed by atoms with van der Waals surface area (Å²) in [5.41, 5.74) is 0.689. The first-order valence-electron chi connectivity index (χ1n) is 5.94. The molecule has 0 bridgehead atoms. The molecule has 5 heteroatoms. The number of carbonyl (C=O) groups is 1. The summed E-state index contributed by atoms with van der Waals surface area (Å²) in [5.74, 6) is 0.979. The SMILES string of the molecule is COc1cc(NC(=O)[C@H](C)CC(C)C)cc(Br)n1. The topological polar surface area (TPSA) is 51.2 Å². The molecular weight excluding hydrogens is 296 g/mol. The Bertz CT molecular complexity index is 421. The van der Waals surface area contributed by atoms with E-state index in [1.807, 2.05) is 6.92 Å². The fourth-order valence-electron chi connectivity index (χ4n) is 1.73. The van der Waals surface area contributed by atoms with E-state index in [-0.39, 0.29) is 11.8 Å². The van der Waals surface area contributed by atoms with Gasteiger partial charge in [-0.1, -0.05) is 20.8 Å². The van der Waals surface area contributed by atoms with Crippen molar-refractivity contribution < 1.29 is 9.53 Å². The van der Waals surface area contributed by atoms with Gasteiger partial charge in [-0.2, -0.15) is 0 Å². The lowest BCUT2D eigenvalue weighted by Gasteiger charge is -2.14. The van der Waals surface area contributed by atoms with Crippen LogP contribution in [-0.2, 0) is 4.79 Å². The van der Waals surface area contributed by atoms with E-state index in [2.05, 4.69) is 40.1 Å². The molecule has 1 atom stereocenters. The van der Waals surface area contributed by atoms with Crippen LogP contribution >= 0.6 is 15.9 Å². The molecule has 0 radical (unpaired) electrons. The number of anilines is 1. The monoisotopic (exact) mass is 314 g/mol. The summed E-state index contributed by atoms with van der Waals surface area (Å²) >= 11 is 3.28. The number of hydrogen-bond donors (Lipinski definition) is 1. The molecule has 4 nitrogen and oxygen atoms in total. The summed E-state index contributed by atoms with van der Waals surface area (Å²) in [6, 6.07) is 3.45. The quantitative estimate of drug-likeness (QED) is 0.847. The average Bonchev–Trinajstić information content (AvgIpc) is 2.27. The Morgan fingerprint density at radius 2 is 2.11 bits per heavy atom. The number of ether oxygens (including phenoxy) is 1. The van der Waals surface area contributed by atoms with Gasteiger partial charge in [0.2, 0.25) is 11.8 Å². The number of hydrogen-bond acceptors (Lipinski definition) is 3. The second kappa shape index (κ2) is 6.73. The molecule has 1 N–H and O–H groups in total. The number of aromatic nitrogens is 1. The lowest BCUT2D eigenvalue weighted by molar-refractivity contribution is -0.119. The molecule has 0 aliphatic rings. The van der Waals surface area contributed by atoms with Gasteiger partial charge in [-0.05, 0) is 34.3 Å². The summed E-state index contributed by atoms with van der Waals surface area (Å²) in [6.45, 7) is 6.15. The largest absolute Gasteiger partial charge is 0.481 e. The highest BCUT2D eigenvalue weighted by molar-refractivity contribution is 9.10. The third-order valence-electron chi connectivity index (χ3n) is 2.52. The van der Waals surface area contributed by atoms with E-state index in [0.717, 1.165) is 6.42 Å². The van der Waals surface area contributed by atoms with E-state index >= 15 is 0 Å².